The molecule has 0 aliphatic carbocycles. The van der Waals surface area contributed by atoms with E-state index in [4.69, 9.17) is 11.0 Å². The number of anilines is 2. The van der Waals surface area contributed by atoms with Crippen LogP contribution in [0.5, 0.6) is 0 Å². The number of rotatable bonds is 3. The van der Waals surface area contributed by atoms with Crippen LogP contribution in [0, 0.1) is 18.3 Å². The van der Waals surface area contributed by atoms with E-state index in [9.17, 15) is 8.42 Å². The van der Waals surface area contributed by atoms with Crippen LogP contribution >= 0.6 is 0 Å². The maximum absolute atomic E-state index is 12.3. The highest BCUT2D eigenvalue weighted by atomic mass is 32.2. The molecular weight excluding hydrogens is 274 g/mol. The van der Waals surface area contributed by atoms with Gasteiger partial charge in [0.15, 0.2) is 0 Å². The number of sulfonamides is 1. The summed E-state index contributed by atoms with van der Waals surface area (Å²) in [6.07, 6.45) is 0. The molecule has 2 rings (SSSR count). The molecule has 0 heterocycles. The minimum atomic E-state index is -3.81. The lowest BCUT2D eigenvalue weighted by Crippen LogP contribution is -2.14. The molecule has 0 radical (unpaired) electrons. The summed E-state index contributed by atoms with van der Waals surface area (Å²) >= 11 is 0. The summed E-state index contributed by atoms with van der Waals surface area (Å²) in [6.45, 7) is 1.83. The number of nitrogen functional groups attached to an aromatic ring is 1. The number of nitriles is 1. The van der Waals surface area contributed by atoms with Gasteiger partial charge in [0, 0.05) is 5.69 Å². The Morgan fingerprint density at radius 2 is 1.90 bits per heavy atom. The van der Waals surface area contributed by atoms with Crippen LogP contribution in [0.25, 0.3) is 0 Å². The maximum Gasteiger partial charge on any atom is 0.263 e. The first-order valence-corrected chi connectivity index (χ1v) is 7.30. The monoisotopic (exact) mass is 287 g/mol. The van der Waals surface area contributed by atoms with Gasteiger partial charge >= 0.3 is 0 Å². The minimum Gasteiger partial charge on any atom is -0.398 e. The van der Waals surface area contributed by atoms with E-state index in [1.54, 1.807) is 30.3 Å². The van der Waals surface area contributed by atoms with Gasteiger partial charge in [-0.1, -0.05) is 18.2 Å². The van der Waals surface area contributed by atoms with E-state index in [0.717, 1.165) is 5.56 Å². The van der Waals surface area contributed by atoms with Crippen molar-refractivity contribution in [2.45, 2.75) is 11.8 Å². The molecule has 20 heavy (non-hydrogen) atoms. The minimum absolute atomic E-state index is 0.0540. The fourth-order valence-corrected chi connectivity index (χ4v) is 2.92. The van der Waals surface area contributed by atoms with E-state index in [-0.39, 0.29) is 10.5 Å². The molecule has 0 atom stereocenters. The summed E-state index contributed by atoms with van der Waals surface area (Å²) in [5.41, 5.74) is 7.57. The van der Waals surface area contributed by atoms with Gasteiger partial charge in [0.25, 0.3) is 10.0 Å². The van der Waals surface area contributed by atoms with Crippen molar-refractivity contribution in [2.75, 3.05) is 10.5 Å². The molecule has 6 heteroatoms. The molecule has 0 spiro atoms. The zero-order chi connectivity index (χ0) is 14.8. The summed E-state index contributed by atoms with van der Waals surface area (Å²) in [4.78, 5) is -0.0540. The van der Waals surface area contributed by atoms with Crippen molar-refractivity contribution < 1.29 is 8.42 Å². The van der Waals surface area contributed by atoms with Gasteiger partial charge in [0.2, 0.25) is 0 Å². The van der Waals surface area contributed by atoms with E-state index in [2.05, 4.69) is 4.72 Å². The SMILES string of the molecule is Cc1ccc(NS(=O)(=O)c2ccccc2C#N)cc1N. The van der Waals surface area contributed by atoms with Crippen molar-refractivity contribution in [3.63, 3.8) is 0 Å². The molecule has 0 aliphatic rings. The zero-order valence-corrected chi connectivity index (χ0v) is 11.6. The first-order chi connectivity index (χ1) is 9.44. The number of nitrogens with zero attached hydrogens (tertiary/aromatic N) is 1. The Kier molecular flexibility index (Phi) is 3.63. The third-order valence-corrected chi connectivity index (χ3v) is 4.27. The lowest BCUT2D eigenvalue weighted by molar-refractivity contribution is 0.601. The topological polar surface area (TPSA) is 96.0 Å². The Hall–Kier alpha value is -2.52. The molecule has 0 saturated heterocycles. The van der Waals surface area contributed by atoms with Crippen molar-refractivity contribution in [3.05, 3.63) is 53.6 Å². The van der Waals surface area contributed by atoms with Crippen LogP contribution in [0.15, 0.2) is 47.4 Å². The number of nitrogens with two attached hydrogens (primary N) is 1. The predicted molar refractivity (Wildman–Crippen MR) is 77.6 cm³/mol. The van der Waals surface area contributed by atoms with Gasteiger partial charge in [0.1, 0.15) is 11.0 Å². The highest BCUT2D eigenvalue weighted by molar-refractivity contribution is 7.92. The van der Waals surface area contributed by atoms with E-state index >= 15 is 0 Å². The van der Waals surface area contributed by atoms with Crippen LogP contribution in [0.4, 0.5) is 11.4 Å². The van der Waals surface area contributed by atoms with Gasteiger partial charge in [0.05, 0.1) is 11.3 Å². The van der Waals surface area contributed by atoms with Crippen LogP contribution in [0.3, 0.4) is 0 Å². The Morgan fingerprint density at radius 1 is 1.20 bits per heavy atom. The average molecular weight is 287 g/mol. The Bertz CT molecular complexity index is 792. The predicted octanol–water partition coefficient (Wildman–Crippen LogP) is 2.25. The summed E-state index contributed by atoms with van der Waals surface area (Å²) in [5, 5.41) is 8.97. The molecule has 0 amide bonds. The normalized spacial score (nSPS) is 10.8. The van der Waals surface area contributed by atoms with Crippen LogP contribution in [0.2, 0.25) is 0 Å². The molecule has 2 aromatic rings. The second-order valence-corrected chi connectivity index (χ2v) is 5.94. The molecule has 5 nitrogen and oxygen atoms in total. The summed E-state index contributed by atoms with van der Waals surface area (Å²) < 4.78 is 27.0. The molecule has 0 aliphatic heterocycles. The van der Waals surface area contributed by atoms with Crippen LogP contribution in [0.1, 0.15) is 11.1 Å². The molecular formula is C14H13N3O2S. The molecule has 0 bridgehead atoms. The average Bonchev–Trinajstić information content (AvgIpc) is 2.42. The van der Waals surface area contributed by atoms with Crippen molar-refractivity contribution in [1.82, 2.24) is 0 Å². The maximum atomic E-state index is 12.3. The molecule has 0 fully saturated rings. The van der Waals surface area contributed by atoms with Gasteiger partial charge in [-0.05, 0) is 36.8 Å². The Morgan fingerprint density at radius 3 is 2.55 bits per heavy atom. The smallest absolute Gasteiger partial charge is 0.263 e. The van der Waals surface area contributed by atoms with Crippen molar-refractivity contribution in [3.8, 4) is 6.07 Å². The Labute approximate surface area is 117 Å². The summed E-state index contributed by atoms with van der Waals surface area (Å²) in [6, 6.07) is 12.8. The molecule has 0 saturated carbocycles. The first-order valence-electron chi connectivity index (χ1n) is 5.82. The number of hydrogen-bond acceptors (Lipinski definition) is 4. The molecule has 0 aromatic heterocycles. The van der Waals surface area contributed by atoms with Crippen molar-refractivity contribution >= 4 is 21.4 Å². The third-order valence-electron chi connectivity index (χ3n) is 2.83. The van der Waals surface area contributed by atoms with E-state index in [1.807, 2.05) is 13.0 Å². The molecule has 3 N–H and O–H groups in total. The zero-order valence-electron chi connectivity index (χ0n) is 10.8. The van der Waals surface area contributed by atoms with Gasteiger partial charge in [-0.15, -0.1) is 0 Å². The quantitative estimate of drug-likeness (QED) is 0.846. The lowest BCUT2D eigenvalue weighted by atomic mass is 10.2. The highest BCUT2D eigenvalue weighted by Gasteiger charge is 2.18. The van der Waals surface area contributed by atoms with Crippen LogP contribution < -0.4 is 10.5 Å². The fourth-order valence-electron chi connectivity index (χ4n) is 1.71. The number of aryl methyl sites for hydroxylation is 1. The fraction of sp³-hybridized carbons (Fsp3) is 0.0714. The van der Waals surface area contributed by atoms with Gasteiger partial charge in [-0.25, -0.2) is 8.42 Å². The first kappa shape index (κ1) is 13.9. The van der Waals surface area contributed by atoms with Crippen LogP contribution in [-0.2, 0) is 10.0 Å². The van der Waals surface area contributed by atoms with E-state index in [1.165, 1.54) is 12.1 Å². The van der Waals surface area contributed by atoms with E-state index < -0.39 is 10.0 Å². The van der Waals surface area contributed by atoms with Gasteiger partial charge in [-0.2, -0.15) is 5.26 Å². The number of hydrogen-bond donors (Lipinski definition) is 2. The molecule has 102 valence electrons. The third kappa shape index (κ3) is 2.73. The number of benzene rings is 2. The van der Waals surface area contributed by atoms with Crippen LogP contribution in [-0.4, -0.2) is 8.42 Å². The molecule has 0 unspecified atom stereocenters. The molecule has 2 aromatic carbocycles. The second-order valence-electron chi connectivity index (χ2n) is 4.28. The second kappa shape index (κ2) is 5.23. The van der Waals surface area contributed by atoms with Crippen molar-refractivity contribution in [1.29, 1.82) is 5.26 Å². The Balaban J connectivity index is 2.41. The number of nitrogens with one attached hydrogen (secondary N) is 1. The lowest BCUT2D eigenvalue weighted by Gasteiger charge is -2.10. The highest BCUT2D eigenvalue weighted by Crippen LogP contribution is 2.22. The standard InChI is InChI=1S/C14H13N3O2S/c1-10-6-7-12(8-13(10)16)17-20(18,19)14-5-3-2-4-11(14)9-15/h2-8,17H,16H2,1H3. The summed E-state index contributed by atoms with van der Waals surface area (Å²) in [5.74, 6) is 0. The van der Waals surface area contributed by atoms with Crippen molar-refractivity contribution in [2.24, 2.45) is 0 Å². The van der Waals surface area contributed by atoms with Gasteiger partial charge < -0.3 is 5.73 Å². The van der Waals surface area contributed by atoms with E-state index in [0.29, 0.717) is 11.4 Å². The largest absolute Gasteiger partial charge is 0.398 e. The van der Waals surface area contributed by atoms with Gasteiger partial charge in [-0.3, -0.25) is 4.72 Å². The summed E-state index contributed by atoms with van der Waals surface area (Å²) in [7, 11) is -3.81.